The molecule has 2 fully saturated rings. The van der Waals surface area contributed by atoms with Crippen LogP contribution in [0.5, 0.6) is 11.5 Å². The maximum atomic E-state index is 13.5. The molecule has 20 nitrogen and oxygen atoms in total. The molecule has 8 atom stereocenters. The van der Waals surface area contributed by atoms with Crippen LogP contribution >= 0.6 is 15.2 Å². The molecule has 0 aliphatic carbocycles. The van der Waals surface area contributed by atoms with Gasteiger partial charge in [0, 0.05) is 49.7 Å². The Bertz CT molecular complexity index is 3220. The zero-order valence-corrected chi connectivity index (χ0v) is 54.6. The maximum absolute atomic E-state index is 13.5. The van der Waals surface area contributed by atoms with Gasteiger partial charge in [-0.05, 0) is 112 Å². The molecule has 0 spiro atoms. The lowest BCUT2D eigenvalue weighted by molar-refractivity contribution is -0.0927. The van der Waals surface area contributed by atoms with E-state index in [9.17, 15) is 28.3 Å². The highest BCUT2D eigenvalue weighted by molar-refractivity contribution is 7.53. The number of nitrogens with one attached hydrogen (secondary N) is 2. The van der Waals surface area contributed by atoms with E-state index < -0.39 is 88.5 Å². The molecule has 84 heavy (non-hydrogen) atoms. The molecule has 2 aliphatic heterocycles. The first-order valence-corrected chi connectivity index (χ1v) is 35.4. The van der Waals surface area contributed by atoms with E-state index in [4.69, 9.17) is 46.2 Å². The minimum atomic E-state index is -3.56. The van der Waals surface area contributed by atoms with Gasteiger partial charge in [-0.1, -0.05) is 103 Å². The molecule has 2 aliphatic rings. The van der Waals surface area contributed by atoms with Gasteiger partial charge >= 0.3 is 26.6 Å². The highest BCUT2D eigenvalue weighted by Gasteiger charge is 2.47. The summed E-state index contributed by atoms with van der Waals surface area (Å²) in [5.41, 5.74) is 2.06. The third kappa shape index (κ3) is 16.9. The Kier molecular flexibility index (Phi) is 24.0. The monoisotopic (exact) mass is 1220 g/mol. The Labute approximate surface area is 495 Å². The molecule has 0 amide bonds. The van der Waals surface area contributed by atoms with Crippen molar-refractivity contribution in [2.75, 3.05) is 40.8 Å². The van der Waals surface area contributed by atoms with Gasteiger partial charge in [-0.25, -0.2) is 9.59 Å². The number of nitrogens with zero attached hydrogens (tertiary/aromatic N) is 2. The van der Waals surface area contributed by atoms with Gasteiger partial charge in [0.25, 0.3) is 11.1 Å². The maximum Gasteiger partial charge on any atom is 0.330 e. The van der Waals surface area contributed by atoms with Gasteiger partial charge in [0.2, 0.25) is 0 Å². The Morgan fingerprint density at radius 3 is 1.36 bits per heavy atom. The predicted octanol–water partition coefficient (Wildman–Crippen LogP) is 11.7. The van der Waals surface area contributed by atoms with E-state index in [1.807, 2.05) is 48.5 Å². The fourth-order valence-electron chi connectivity index (χ4n) is 11.3. The minimum Gasteiger partial charge on any atom is -0.497 e. The lowest BCUT2D eigenvalue weighted by atomic mass is 9.79. The predicted molar refractivity (Wildman–Crippen MR) is 328 cm³/mol. The molecule has 0 bridgehead atoms. The van der Waals surface area contributed by atoms with E-state index in [0.717, 1.165) is 42.0 Å². The van der Waals surface area contributed by atoms with Crippen molar-refractivity contribution >= 4 is 23.5 Å². The van der Waals surface area contributed by atoms with Crippen molar-refractivity contribution in [1.29, 1.82) is 0 Å². The largest absolute Gasteiger partial charge is 0.497 e. The van der Waals surface area contributed by atoms with Gasteiger partial charge in [-0.3, -0.25) is 37.8 Å². The Morgan fingerprint density at radius 1 is 0.607 bits per heavy atom. The van der Waals surface area contributed by atoms with Gasteiger partial charge in [-0.2, -0.15) is 0 Å². The molecule has 0 saturated carbocycles. The van der Waals surface area contributed by atoms with Gasteiger partial charge < -0.3 is 46.2 Å². The lowest BCUT2D eigenvalue weighted by Gasteiger charge is -2.39. The number of methoxy groups -OCH3 is 2. The number of aromatic nitrogens is 4. The van der Waals surface area contributed by atoms with Gasteiger partial charge in [-0.15, -0.1) is 0 Å². The van der Waals surface area contributed by atoms with E-state index in [0.29, 0.717) is 33.7 Å². The van der Waals surface area contributed by atoms with Crippen LogP contribution in [0.15, 0.2) is 104 Å². The summed E-state index contributed by atoms with van der Waals surface area (Å²) in [6.45, 7) is 26.7. The summed E-state index contributed by atoms with van der Waals surface area (Å²) < 4.78 is 90.1. The highest BCUT2D eigenvalue weighted by atomic mass is 31.2. The van der Waals surface area contributed by atoms with Crippen molar-refractivity contribution < 1.29 is 55.3 Å². The summed E-state index contributed by atoms with van der Waals surface area (Å²) in [6.07, 6.45) is 1.54. The van der Waals surface area contributed by atoms with Crippen molar-refractivity contribution in [3.63, 3.8) is 0 Å². The molecule has 2 unspecified atom stereocenters. The molecular weight excluding hydrogens is 1130 g/mol. The number of benzene rings is 3. The number of aromatic amines is 2. The second-order valence-electron chi connectivity index (χ2n) is 23.0. The number of hydrogen-bond donors (Lipinski definition) is 2. The van der Waals surface area contributed by atoms with E-state index in [2.05, 4.69) is 75.8 Å². The molecule has 464 valence electrons. The number of rotatable bonds is 27. The third-order valence-corrected chi connectivity index (χ3v) is 24.0. The molecule has 2 N–H and O–H groups in total. The fraction of sp³-hybridized carbons (Fsp3) is 0.574. The van der Waals surface area contributed by atoms with Gasteiger partial charge in [0.05, 0.1) is 51.8 Å². The molecule has 2 saturated heterocycles. The first kappa shape index (κ1) is 68.1. The zero-order valence-electron chi connectivity index (χ0n) is 51.8. The number of aryl methyl sites for hydroxylation is 3. The standard InChI is InChI=1S/C38H47N2O9P.C23H43N2O7PSi/c1-8-9-27-10-12-28(13-11-27)38(29-14-18-31(44-5)19-15-29,30-16-20-32(45-6)21-17-30)46-24-34-33(49-50(7,43)48-25(2)3)22-35(47-34)40-23-26(4)36(41)39-37(40)42;1-10-11-34(16(4)5,17(6)7)29-14-20-19(32-33(9,28)31-15(2)3)12-21(30-20)25-13-18(8)22(26)24-23(25)27/h10-21,23,25,33-35H,8-9,22,24H2,1-7H3,(H,39,41,42);13,15-17,19-21H,10-12,14H2,1-9H3,(H,24,26,27)/t33-,34-,35-,50?;19-,20-,21-,33?/m11/s1. The fourth-order valence-corrected chi connectivity index (χ4v) is 18.9. The summed E-state index contributed by atoms with van der Waals surface area (Å²) in [5, 5.41) is 0. The SMILES string of the molecule is CCC[Si](OC[C@H]1O[C@@H](n2cc(C)c(=O)[nH]c2=O)C[C@H]1OP(C)(=O)OC(C)C)(C(C)C)C(C)C.CCCc1ccc(C(OC[C@H]2O[C@@H](n3cc(C)c(=O)[nH]c3=O)C[C@H]2OP(C)(=O)OC(C)C)(c2ccc(OC)cc2)c2ccc(OC)cc2)cc1. The van der Waals surface area contributed by atoms with Gasteiger partial charge in [0.15, 0.2) is 8.32 Å². The number of H-pyrrole nitrogens is 2. The average Bonchev–Trinajstić information content (AvgIpc) is 1.85. The second-order valence-corrected chi connectivity index (χ2v) is 32.0. The molecular formula is C61H90N4O16P2Si. The van der Waals surface area contributed by atoms with Gasteiger partial charge in [0.1, 0.15) is 41.8 Å². The van der Waals surface area contributed by atoms with Crippen LogP contribution in [0.25, 0.3) is 0 Å². The Hall–Kier alpha value is -5.02. The quantitative estimate of drug-likeness (QED) is 0.0282. The van der Waals surface area contributed by atoms with E-state index >= 15 is 0 Å². The summed E-state index contributed by atoms with van der Waals surface area (Å²) in [7, 11) is -5.80. The first-order valence-electron chi connectivity index (χ1n) is 29.1. The first-order chi connectivity index (χ1) is 39.6. The van der Waals surface area contributed by atoms with Crippen molar-refractivity contribution in [3.8, 4) is 11.5 Å². The van der Waals surface area contributed by atoms with Crippen LogP contribution in [0.1, 0.15) is 141 Å². The van der Waals surface area contributed by atoms with Crippen molar-refractivity contribution in [3.05, 3.63) is 160 Å². The van der Waals surface area contributed by atoms with Crippen LogP contribution in [0.2, 0.25) is 17.1 Å². The molecule has 0 radical (unpaired) electrons. The highest BCUT2D eigenvalue weighted by Crippen LogP contribution is 2.52. The van der Waals surface area contributed by atoms with Crippen molar-refractivity contribution in [1.82, 2.24) is 19.1 Å². The third-order valence-electron chi connectivity index (χ3n) is 15.2. The lowest BCUT2D eigenvalue weighted by Crippen LogP contribution is -2.47. The van der Waals surface area contributed by atoms with E-state index in [1.165, 1.54) is 40.4 Å². The Balaban J connectivity index is 0.000000291. The van der Waals surface area contributed by atoms with Crippen LogP contribution in [0, 0.1) is 13.8 Å². The summed E-state index contributed by atoms with van der Waals surface area (Å²) in [6, 6.07) is 24.8. The minimum absolute atomic E-state index is 0.0330. The van der Waals surface area contributed by atoms with Crippen LogP contribution in [0.3, 0.4) is 0 Å². The average molecular weight is 1230 g/mol. The zero-order chi connectivity index (χ0) is 61.9. The summed E-state index contributed by atoms with van der Waals surface area (Å²) in [5.74, 6) is 1.38. The van der Waals surface area contributed by atoms with Crippen molar-refractivity contribution in [2.24, 2.45) is 0 Å². The number of ether oxygens (including phenoxy) is 5. The topological polar surface area (TPSA) is 236 Å². The van der Waals surface area contributed by atoms with Crippen LogP contribution in [-0.4, -0.2) is 105 Å². The molecule has 4 heterocycles. The van der Waals surface area contributed by atoms with E-state index in [1.54, 1.807) is 55.8 Å². The number of hydrogen-bond acceptors (Lipinski definition) is 16. The molecule has 3 aromatic carbocycles. The van der Waals surface area contributed by atoms with E-state index in [-0.39, 0.29) is 38.3 Å². The Morgan fingerprint density at radius 2 is 1.00 bits per heavy atom. The molecule has 23 heteroatoms. The van der Waals surface area contributed by atoms with Crippen molar-refractivity contribution in [2.45, 2.75) is 187 Å². The smallest absolute Gasteiger partial charge is 0.330 e. The normalized spacial score (nSPS) is 20.7. The van der Waals surface area contributed by atoms with Crippen LogP contribution < -0.4 is 32.0 Å². The van der Waals surface area contributed by atoms with Crippen LogP contribution in [-0.2, 0) is 57.9 Å². The molecule has 2 aromatic heterocycles. The van der Waals surface area contributed by atoms with Crippen LogP contribution in [0.4, 0.5) is 0 Å². The second kappa shape index (κ2) is 29.6. The summed E-state index contributed by atoms with van der Waals surface area (Å²) >= 11 is 0. The molecule has 7 rings (SSSR count). The summed E-state index contributed by atoms with van der Waals surface area (Å²) in [4.78, 5) is 54.1. The molecule has 5 aromatic rings.